The topological polar surface area (TPSA) is 127 Å². The quantitative estimate of drug-likeness (QED) is 0.638. The SMILES string of the molecule is CC(=O)c1c(C)c2cnc(N[C@@H]3CCOC[C@H]3O)nc2n([C@@H]2CCC[C@@]2(C)O)c1=O. The maximum absolute atomic E-state index is 13.4. The van der Waals surface area contributed by atoms with Crippen molar-refractivity contribution in [3.05, 3.63) is 27.7 Å². The summed E-state index contributed by atoms with van der Waals surface area (Å²) in [7, 11) is 0. The van der Waals surface area contributed by atoms with Crippen molar-refractivity contribution in [2.75, 3.05) is 18.5 Å². The van der Waals surface area contributed by atoms with Crippen molar-refractivity contribution in [3.63, 3.8) is 0 Å². The fraction of sp³-hybridized carbons (Fsp3) is 0.619. The molecule has 9 heteroatoms. The van der Waals surface area contributed by atoms with Crippen molar-refractivity contribution in [2.24, 2.45) is 0 Å². The first-order valence-electron chi connectivity index (χ1n) is 10.4. The van der Waals surface area contributed by atoms with Gasteiger partial charge in [-0.05, 0) is 52.0 Å². The summed E-state index contributed by atoms with van der Waals surface area (Å²) in [6.45, 7) is 5.57. The molecule has 0 unspecified atom stereocenters. The normalized spacial score (nSPS) is 29.3. The molecule has 1 saturated heterocycles. The van der Waals surface area contributed by atoms with E-state index in [0.717, 1.165) is 6.42 Å². The van der Waals surface area contributed by atoms with Gasteiger partial charge in [-0.25, -0.2) is 4.98 Å². The number of nitrogens with one attached hydrogen (secondary N) is 1. The van der Waals surface area contributed by atoms with Crippen LogP contribution in [-0.4, -0.2) is 61.5 Å². The second-order valence-corrected chi connectivity index (χ2v) is 8.61. The third kappa shape index (κ3) is 3.51. The molecule has 162 valence electrons. The van der Waals surface area contributed by atoms with E-state index in [0.29, 0.717) is 42.5 Å². The van der Waals surface area contributed by atoms with Crippen LogP contribution in [0.5, 0.6) is 0 Å². The Hall–Kier alpha value is -2.36. The fourth-order valence-electron chi connectivity index (χ4n) is 4.70. The molecule has 1 aliphatic carbocycles. The number of anilines is 1. The number of carbonyl (C=O) groups is 1. The van der Waals surface area contributed by atoms with Crippen molar-refractivity contribution in [2.45, 2.75) is 70.2 Å². The van der Waals surface area contributed by atoms with E-state index in [9.17, 15) is 19.8 Å². The number of ketones is 1. The van der Waals surface area contributed by atoms with E-state index in [1.165, 1.54) is 11.5 Å². The molecule has 3 N–H and O–H groups in total. The van der Waals surface area contributed by atoms with E-state index >= 15 is 0 Å². The molecule has 1 aliphatic heterocycles. The molecule has 0 amide bonds. The lowest BCUT2D eigenvalue weighted by Gasteiger charge is -2.30. The molecule has 0 bridgehead atoms. The molecule has 3 heterocycles. The van der Waals surface area contributed by atoms with Crippen molar-refractivity contribution in [1.29, 1.82) is 0 Å². The predicted molar refractivity (Wildman–Crippen MR) is 111 cm³/mol. The van der Waals surface area contributed by atoms with Gasteiger partial charge in [-0.2, -0.15) is 4.98 Å². The minimum absolute atomic E-state index is 0.106. The van der Waals surface area contributed by atoms with Gasteiger partial charge in [-0.3, -0.25) is 14.2 Å². The molecule has 0 aromatic carbocycles. The average molecular weight is 416 g/mol. The highest BCUT2D eigenvalue weighted by Gasteiger charge is 2.40. The molecule has 2 aromatic rings. The van der Waals surface area contributed by atoms with Crippen LogP contribution < -0.4 is 10.9 Å². The lowest BCUT2D eigenvalue weighted by molar-refractivity contribution is -0.0136. The Morgan fingerprint density at radius 2 is 2.17 bits per heavy atom. The van der Waals surface area contributed by atoms with Gasteiger partial charge in [0.15, 0.2) is 5.78 Å². The van der Waals surface area contributed by atoms with Gasteiger partial charge in [-0.1, -0.05) is 0 Å². The van der Waals surface area contributed by atoms with Crippen molar-refractivity contribution < 1.29 is 19.7 Å². The van der Waals surface area contributed by atoms with Crippen LogP contribution in [0.25, 0.3) is 11.0 Å². The van der Waals surface area contributed by atoms with Gasteiger partial charge < -0.3 is 20.3 Å². The Bertz CT molecular complexity index is 1050. The van der Waals surface area contributed by atoms with Crippen LogP contribution in [0.15, 0.2) is 11.0 Å². The van der Waals surface area contributed by atoms with Gasteiger partial charge in [0.05, 0.1) is 36.0 Å². The lowest BCUT2D eigenvalue weighted by atomic mass is 9.98. The Morgan fingerprint density at radius 1 is 1.40 bits per heavy atom. The lowest BCUT2D eigenvalue weighted by Crippen LogP contribution is -2.42. The van der Waals surface area contributed by atoms with Crippen LogP contribution in [0.3, 0.4) is 0 Å². The van der Waals surface area contributed by atoms with E-state index in [1.54, 1.807) is 20.0 Å². The Balaban J connectivity index is 1.89. The zero-order valence-electron chi connectivity index (χ0n) is 17.5. The highest BCUT2D eigenvalue weighted by atomic mass is 16.5. The fourth-order valence-corrected chi connectivity index (χ4v) is 4.70. The number of hydrogen-bond acceptors (Lipinski definition) is 8. The maximum atomic E-state index is 13.4. The Kier molecular flexibility index (Phi) is 5.37. The standard InChI is InChI=1S/C21H28N4O5/c1-11-13-9-22-20(23-14-6-8-30-10-15(14)27)24-18(13)25(19(28)17(11)12(2)26)16-5-4-7-21(16,3)29/h9,14-16,27,29H,4-8,10H2,1-3H3,(H,22,23,24)/t14-,15-,16-,21-/m1/s1. The second kappa shape index (κ2) is 7.72. The zero-order valence-corrected chi connectivity index (χ0v) is 17.5. The Morgan fingerprint density at radius 3 is 2.80 bits per heavy atom. The monoisotopic (exact) mass is 416 g/mol. The first-order valence-corrected chi connectivity index (χ1v) is 10.4. The molecule has 4 rings (SSSR count). The van der Waals surface area contributed by atoms with E-state index in [-0.39, 0.29) is 29.9 Å². The molecule has 2 fully saturated rings. The molecule has 2 aromatic heterocycles. The van der Waals surface area contributed by atoms with Crippen molar-refractivity contribution in [3.8, 4) is 0 Å². The molecule has 30 heavy (non-hydrogen) atoms. The number of aromatic nitrogens is 3. The summed E-state index contributed by atoms with van der Waals surface area (Å²) in [6, 6.07) is -0.744. The van der Waals surface area contributed by atoms with Gasteiger partial charge >= 0.3 is 0 Å². The van der Waals surface area contributed by atoms with Crippen LogP contribution in [0.2, 0.25) is 0 Å². The number of ether oxygens (including phenoxy) is 1. The minimum atomic E-state index is -1.07. The van der Waals surface area contributed by atoms with Gasteiger partial charge in [0, 0.05) is 18.2 Å². The highest BCUT2D eigenvalue weighted by Crippen LogP contribution is 2.40. The Labute approximate surface area is 174 Å². The summed E-state index contributed by atoms with van der Waals surface area (Å²) >= 11 is 0. The van der Waals surface area contributed by atoms with E-state index in [1.807, 2.05) is 0 Å². The molecule has 0 spiro atoms. The summed E-state index contributed by atoms with van der Waals surface area (Å²) in [4.78, 5) is 34.6. The highest BCUT2D eigenvalue weighted by molar-refractivity contribution is 5.99. The first-order chi connectivity index (χ1) is 14.2. The number of aryl methyl sites for hydroxylation is 1. The number of rotatable bonds is 4. The molecule has 4 atom stereocenters. The minimum Gasteiger partial charge on any atom is -0.389 e. The number of hydrogen-bond donors (Lipinski definition) is 3. The smallest absolute Gasteiger partial charge is 0.263 e. The number of fused-ring (bicyclic) bond motifs is 1. The number of pyridine rings is 1. The summed E-state index contributed by atoms with van der Waals surface area (Å²) in [5, 5.41) is 24.8. The average Bonchev–Trinajstić information content (AvgIpc) is 3.02. The van der Waals surface area contributed by atoms with Crippen LogP contribution >= 0.6 is 0 Å². The van der Waals surface area contributed by atoms with Crippen LogP contribution in [0, 0.1) is 6.92 Å². The number of Topliss-reactive ketones (excluding diaryl/α,β-unsaturated/α-hetero) is 1. The third-order valence-electron chi connectivity index (χ3n) is 6.39. The van der Waals surface area contributed by atoms with Gasteiger partial charge in [0.2, 0.25) is 5.95 Å². The second-order valence-electron chi connectivity index (χ2n) is 8.61. The third-order valence-corrected chi connectivity index (χ3v) is 6.39. The summed E-state index contributed by atoms with van der Waals surface area (Å²) in [6.07, 6.45) is 3.48. The molecule has 0 radical (unpaired) electrons. The van der Waals surface area contributed by atoms with E-state index in [2.05, 4.69) is 15.3 Å². The van der Waals surface area contributed by atoms with E-state index in [4.69, 9.17) is 4.74 Å². The molecular weight excluding hydrogens is 388 g/mol. The van der Waals surface area contributed by atoms with Gasteiger partial charge in [0.1, 0.15) is 5.65 Å². The number of carbonyl (C=O) groups excluding carboxylic acids is 1. The largest absolute Gasteiger partial charge is 0.389 e. The number of aliphatic hydroxyl groups is 2. The van der Waals surface area contributed by atoms with Gasteiger partial charge in [0.25, 0.3) is 5.56 Å². The summed E-state index contributed by atoms with van der Waals surface area (Å²) < 4.78 is 6.73. The number of nitrogens with zero attached hydrogens (tertiary/aromatic N) is 3. The number of aliphatic hydroxyl groups excluding tert-OH is 1. The summed E-state index contributed by atoms with van der Waals surface area (Å²) in [5.41, 5.74) is -0.484. The maximum Gasteiger partial charge on any atom is 0.263 e. The molecule has 2 aliphatic rings. The summed E-state index contributed by atoms with van der Waals surface area (Å²) in [5.74, 6) is -0.0347. The predicted octanol–water partition coefficient (Wildman–Crippen LogP) is 1.34. The van der Waals surface area contributed by atoms with Gasteiger partial charge in [-0.15, -0.1) is 0 Å². The zero-order chi connectivity index (χ0) is 21.6. The molecule has 9 nitrogen and oxygen atoms in total. The van der Waals surface area contributed by atoms with E-state index < -0.39 is 23.3 Å². The van der Waals surface area contributed by atoms with Crippen molar-refractivity contribution >= 4 is 22.8 Å². The molecule has 1 saturated carbocycles. The van der Waals surface area contributed by atoms with Crippen LogP contribution in [0.1, 0.15) is 61.5 Å². The van der Waals surface area contributed by atoms with Crippen LogP contribution in [0.4, 0.5) is 5.95 Å². The first kappa shape index (κ1) is 20.9. The molecular formula is C21H28N4O5. The van der Waals surface area contributed by atoms with Crippen molar-refractivity contribution in [1.82, 2.24) is 14.5 Å². The van der Waals surface area contributed by atoms with Crippen LogP contribution in [-0.2, 0) is 4.74 Å².